The minimum absolute atomic E-state index is 0.00738. The van der Waals surface area contributed by atoms with Crippen molar-refractivity contribution in [2.75, 3.05) is 0 Å². The summed E-state index contributed by atoms with van der Waals surface area (Å²) >= 11 is 0. The van der Waals surface area contributed by atoms with Crippen molar-refractivity contribution < 1.29 is 10.2 Å². The molecule has 0 bridgehead atoms. The molecular formula is C17H17NO2. The molecule has 1 aliphatic carbocycles. The van der Waals surface area contributed by atoms with Crippen LogP contribution in [0.25, 0.3) is 11.1 Å². The Kier molecular flexibility index (Phi) is 2.36. The molecule has 0 aromatic heterocycles. The molecule has 4 rings (SSSR count). The van der Waals surface area contributed by atoms with Crippen LogP contribution < -0.4 is 5.32 Å². The summed E-state index contributed by atoms with van der Waals surface area (Å²) in [5, 5.41) is 23.7. The van der Waals surface area contributed by atoms with E-state index in [1.165, 1.54) is 11.1 Å². The van der Waals surface area contributed by atoms with Crippen molar-refractivity contribution in [2.45, 2.75) is 31.8 Å². The average Bonchev–Trinajstić information content (AvgIpc) is 2.42. The fourth-order valence-electron chi connectivity index (χ4n) is 3.71. The van der Waals surface area contributed by atoms with E-state index in [0.717, 1.165) is 29.5 Å². The lowest BCUT2D eigenvalue weighted by atomic mass is 9.76. The highest BCUT2D eigenvalue weighted by molar-refractivity contribution is 5.82. The summed E-state index contributed by atoms with van der Waals surface area (Å²) in [5.74, 6) is -0.0371. The van der Waals surface area contributed by atoms with Crippen LogP contribution in [-0.2, 0) is 12.8 Å². The van der Waals surface area contributed by atoms with Crippen molar-refractivity contribution >= 4 is 0 Å². The number of fused-ring (bicyclic) bond motifs is 2. The summed E-state index contributed by atoms with van der Waals surface area (Å²) in [6.07, 6.45) is 1.87. The first-order valence-electron chi connectivity index (χ1n) is 7.07. The lowest BCUT2D eigenvalue weighted by Crippen LogP contribution is -2.39. The normalized spacial score (nSPS) is 23.1. The van der Waals surface area contributed by atoms with Gasteiger partial charge in [0, 0.05) is 17.6 Å². The van der Waals surface area contributed by atoms with Crippen LogP contribution in [0.3, 0.4) is 0 Å². The molecule has 20 heavy (non-hydrogen) atoms. The lowest BCUT2D eigenvalue weighted by molar-refractivity contribution is 0.398. The molecular weight excluding hydrogens is 250 g/mol. The summed E-state index contributed by atoms with van der Waals surface area (Å²) in [6.45, 7) is 2.21. The molecule has 2 aromatic rings. The third-order valence-corrected chi connectivity index (χ3v) is 4.49. The minimum Gasteiger partial charge on any atom is -0.504 e. The number of benzene rings is 2. The fraction of sp³-hybridized carbons (Fsp3) is 0.294. The first kappa shape index (κ1) is 11.8. The molecule has 0 saturated heterocycles. The highest BCUT2D eigenvalue weighted by Crippen LogP contribution is 2.48. The van der Waals surface area contributed by atoms with Crippen molar-refractivity contribution in [3.05, 3.63) is 47.0 Å². The van der Waals surface area contributed by atoms with Gasteiger partial charge >= 0.3 is 0 Å². The highest BCUT2D eigenvalue weighted by atomic mass is 16.3. The van der Waals surface area contributed by atoms with E-state index in [-0.39, 0.29) is 11.5 Å². The molecule has 3 N–H and O–H groups in total. The van der Waals surface area contributed by atoms with Crippen LogP contribution in [0.2, 0.25) is 0 Å². The first-order chi connectivity index (χ1) is 9.65. The van der Waals surface area contributed by atoms with Gasteiger partial charge in [0.15, 0.2) is 11.5 Å². The predicted octanol–water partition coefficient (Wildman–Crippen LogP) is 2.90. The van der Waals surface area contributed by atoms with Gasteiger partial charge in [0.1, 0.15) is 0 Å². The quantitative estimate of drug-likeness (QED) is 0.643. The summed E-state index contributed by atoms with van der Waals surface area (Å²) in [4.78, 5) is 0. The van der Waals surface area contributed by atoms with Crippen molar-refractivity contribution in [1.82, 2.24) is 5.32 Å². The number of phenolic OH excluding ortho intramolecular Hbond substituents is 2. The van der Waals surface area contributed by atoms with E-state index >= 15 is 0 Å². The summed E-state index contributed by atoms with van der Waals surface area (Å²) in [7, 11) is 0. The number of hydrogen-bond donors (Lipinski definition) is 3. The number of phenols is 2. The molecule has 0 amide bonds. The van der Waals surface area contributed by atoms with E-state index in [2.05, 4.69) is 18.3 Å². The maximum absolute atomic E-state index is 10.2. The second kappa shape index (κ2) is 4.00. The lowest BCUT2D eigenvalue weighted by Gasteiger charge is -2.37. The zero-order valence-electron chi connectivity index (χ0n) is 11.4. The Morgan fingerprint density at radius 2 is 1.90 bits per heavy atom. The van der Waals surface area contributed by atoms with E-state index in [4.69, 9.17) is 0 Å². The zero-order valence-corrected chi connectivity index (χ0v) is 11.4. The van der Waals surface area contributed by atoms with E-state index in [1.54, 1.807) is 6.07 Å². The number of nitrogens with one attached hydrogen (secondary N) is 1. The van der Waals surface area contributed by atoms with Gasteiger partial charge < -0.3 is 15.5 Å². The molecule has 1 heterocycles. The van der Waals surface area contributed by atoms with Gasteiger partial charge in [0.25, 0.3) is 0 Å². The largest absolute Gasteiger partial charge is 0.504 e. The number of rotatable bonds is 0. The van der Waals surface area contributed by atoms with E-state index in [1.807, 2.05) is 18.2 Å². The van der Waals surface area contributed by atoms with Gasteiger partial charge in [-0.3, -0.25) is 0 Å². The Hall–Kier alpha value is -2.00. The van der Waals surface area contributed by atoms with Gasteiger partial charge in [-0.25, -0.2) is 0 Å². The Bertz CT molecular complexity index is 708. The first-order valence-corrected chi connectivity index (χ1v) is 7.07. The number of aromatic hydroxyl groups is 2. The smallest absolute Gasteiger partial charge is 0.165 e. The molecule has 0 saturated carbocycles. The molecule has 0 spiro atoms. The van der Waals surface area contributed by atoms with Crippen molar-refractivity contribution in [2.24, 2.45) is 0 Å². The standard InChI is InChI=1S/C17H17NO2/c1-9-7-10-3-2-4-12-15(10)13(18-9)8-11-5-6-14(19)17(20)16(11)12/h2-6,9,13,18-20H,7-8H2,1H3/t9?,13-/m1/s1. The third-order valence-electron chi connectivity index (χ3n) is 4.49. The topological polar surface area (TPSA) is 52.5 Å². The van der Waals surface area contributed by atoms with Crippen LogP contribution in [0.1, 0.15) is 29.7 Å². The van der Waals surface area contributed by atoms with Crippen molar-refractivity contribution in [3.8, 4) is 22.6 Å². The molecule has 2 aromatic carbocycles. The Labute approximate surface area is 117 Å². The Balaban J connectivity index is 2.03. The summed E-state index contributed by atoms with van der Waals surface area (Å²) < 4.78 is 0. The predicted molar refractivity (Wildman–Crippen MR) is 78.0 cm³/mol. The van der Waals surface area contributed by atoms with Crippen LogP contribution in [0.5, 0.6) is 11.5 Å². The van der Waals surface area contributed by atoms with Crippen LogP contribution >= 0.6 is 0 Å². The van der Waals surface area contributed by atoms with E-state index in [9.17, 15) is 10.2 Å². The van der Waals surface area contributed by atoms with Gasteiger partial charge in [-0.1, -0.05) is 24.3 Å². The molecule has 3 nitrogen and oxygen atoms in total. The maximum atomic E-state index is 10.2. The van der Waals surface area contributed by atoms with Crippen LogP contribution in [0, 0.1) is 0 Å². The molecule has 102 valence electrons. The average molecular weight is 267 g/mol. The second-order valence-corrected chi connectivity index (χ2v) is 5.87. The number of hydrogen-bond acceptors (Lipinski definition) is 3. The summed E-state index contributed by atoms with van der Waals surface area (Å²) in [5.41, 5.74) is 5.60. The van der Waals surface area contributed by atoms with E-state index in [0.29, 0.717) is 12.1 Å². The Morgan fingerprint density at radius 3 is 2.75 bits per heavy atom. The highest BCUT2D eigenvalue weighted by Gasteiger charge is 2.33. The summed E-state index contributed by atoms with van der Waals surface area (Å²) in [6, 6.07) is 10.5. The minimum atomic E-state index is -0.0445. The SMILES string of the molecule is CC1Cc2cccc3c2[C@@H](Cc2ccc(O)c(O)c2-3)N1. The van der Waals surface area contributed by atoms with Gasteiger partial charge in [0.2, 0.25) is 0 Å². The van der Waals surface area contributed by atoms with Crippen molar-refractivity contribution in [3.63, 3.8) is 0 Å². The zero-order chi connectivity index (χ0) is 13.9. The monoisotopic (exact) mass is 267 g/mol. The van der Waals surface area contributed by atoms with Gasteiger partial charge in [-0.2, -0.15) is 0 Å². The molecule has 1 aliphatic heterocycles. The third kappa shape index (κ3) is 1.50. The Morgan fingerprint density at radius 1 is 1.05 bits per heavy atom. The van der Waals surface area contributed by atoms with Gasteiger partial charge in [0.05, 0.1) is 0 Å². The second-order valence-electron chi connectivity index (χ2n) is 5.87. The van der Waals surface area contributed by atoms with Crippen LogP contribution in [0.4, 0.5) is 0 Å². The molecule has 2 atom stereocenters. The van der Waals surface area contributed by atoms with Gasteiger partial charge in [-0.05, 0) is 48.1 Å². The van der Waals surface area contributed by atoms with Crippen molar-refractivity contribution in [1.29, 1.82) is 0 Å². The molecule has 2 aliphatic rings. The molecule has 1 unspecified atom stereocenters. The van der Waals surface area contributed by atoms with E-state index < -0.39 is 0 Å². The maximum Gasteiger partial charge on any atom is 0.165 e. The fourth-order valence-corrected chi connectivity index (χ4v) is 3.71. The molecule has 0 fully saturated rings. The molecule has 0 radical (unpaired) electrons. The van der Waals surface area contributed by atoms with Crippen LogP contribution in [0.15, 0.2) is 30.3 Å². The van der Waals surface area contributed by atoms with Gasteiger partial charge in [-0.15, -0.1) is 0 Å². The van der Waals surface area contributed by atoms with Crippen LogP contribution in [-0.4, -0.2) is 16.3 Å². The molecule has 3 heteroatoms.